The number of aliphatic hydroxyl groups excluding tert-OH is 1. The molecule has 0 aromatic rings. The van der Waals surface area contributed by atoms with Crippen molar-refractivity contribution < 1.29 is 14.7 Å². The van der Waals surface area contributed by atoms with Crippen molar-refractivity contribution in [2.24, 2.45) is 44.8 Å². The van der Waals surface area contributed by atoms with Crippen LogP contribution in [0.1, 0.15) is 127 Å². The third-order valence-corrected chi connectivity index (χ3v) is 18.2. The molecule has 0 aromatic heterocycles. The molecule has 228 valence electrons. The molecule has 0 spiro atoms. The van der Waals surface area contributed by atoms with Gasteiger partial charge in [-0.15, -0.1) is 0 Å². The maximum atomic E-state index is 14.6. The minimum Gasteiger partial charge on any atom is -0.396 e. The van der Waals surface area contributed by atoms with Crippen molar-refractivity contribution in [3.8, 4) is 0 Å². The number of halogens is 3. The summed E-state index contributed by atoms with van der Waals surface area (Å²) < 4.78 is -0.652. The van der Waals surface area contributed by atoms with Gasteiger partial charge in [0.25, 0.3) is 0 Å². The molecule has 0 amide bonds. The van der Waals surface area contributed by atoms with Gasteiger partial charge < -0.3 is 5.11 Å². The normalized spacial score (nSPS) is 47.3. The number of alkyl halides is 3. The zero-order valence-electron chi connectivity index (χ0n) is 25.4. The van der Waals surface area contributed by atoms with E-state index in [0.29, 0.717) is 42.2 Å². The van der Waals surface area contributed by atoms with Crippen molar-refractivity contribution in [2.75, 3.05) is 11.5 Å². The maximum Gasteiger partial charge on any atom is 0.150 e. The van der Waals surface area contributed by atoms with E-state index < -0.39 is 3.42 Å². The molecule has 0 heterocycles. The Morgan fingerprint density at radius 2 is 1.31 bits per heavy atom. The SMILES string of the molecule is C.CC.CC1(C)CCC2(CO)CCC3C4(C)CCC5C(C)(C)C(=O)CCC5(C)C4CC(=O)C3(I)C2(I)C1.CI. The number of fused-ring (bicyclic) bond motifs is 7. The molecule has 5 aliphatic carbocycles. The van der Waals surface area contributed by atoms with E-state index in [4.69, 9.17) is 0 Å². The standard InChI is InChI=1S/C29H44I2O3.C2H6.CH3I.CH4/c1-23(2)13-14-27(17-32)12-8-19-26(6)10-7-18-24(3,4)21(33)9-11-25(18,5)20(26)15-22(34)29(19,31)28(27,30)16-23;2*1-2;/h18-20,32H,7-17H2,1-6H3;1-2H3;1H3;1H4. The van der Waals surface area contributed by atoms with Crippen LogP contribution in [-0.2, 0) is 9.59 Å². The van der Waals surface area contributed by atoms with Gasteiger partial charge in [0.1, 0.15) is 5.78 Å². The van der Waals surface area contributed by atoms with Crippen LogP contribution in [0.5, 0.6) is 0 Å². The summed E-state index contributed by atoms with van der Waals surface area (Å²) in [5.74, 6) is 1.93. The van der Waals surface area contributed by atoms with E-state index in [1.165, 1.54) is 0 Å². The van der Waals surface area contributed by atoms with Gasteiger partial charge in [0.15, 0.2) is 5.78 Å². The van der Waals surface area contributed by atoms with Crippen LogP contribution in [0.2, 0.25) is 0 Å². The van der Waals surface area contributed by atoms with Gasteiger partial charge in [0, 0.05) is 23.7 Å². The molecule has 0 radical (unpaired) electrons. The van der Waals surface area contributed by atoms with Crippen LogP contribution in [-0.4, -0.2) is 35.1 Å². The van der Waals surface area contributed by atoms with E-state index in [1.54, 1.807) is 0 Å². The van der Waals surface area contributed by atoms with Gasteiger partial charge in [-0.3, -0.25) is 9.59 Å². The number of carbonyl (C=O) groups excluding carboxylic acids is 2. The number of rotatable bonds is 1. The second-order valence-corrected chi connectivity index (χ2v) is 18.4. The molecule has 1 N–H and O–H groups in total. The first-order chi connectivity index (χ1) is 17.5. The van der Waals surface area contributed by atoms with Crippen molar-refractivity contribution in [3.63, 3.8) is 0 Å². The highest BCUT2D eigenvalue weighted by molar-refractivity contribution is 14.1. The Morgan fingerprint density at radius 3 is 1.87 bits per heavy atom. The van der Waals surface area contributed by atoms with Gasteiger partial charge in [0.05, 0.1) is 13.5 Å². The van der Waals surface area contributed by atoms with Crippen molar-refractivity contribution in [3.05, 3.63) is 0 Å². The average molecular weight is 883 g/mol. The van der Waals surface area contributed by atoms with E-state index in [2.05, 4.69) is 109 Å². The van der Waals surface area contributed by atoms with E-state index in [9.17, 15) is 14.7 Å². The minimum absolute atomic E-state index is 0. The zero-order valence-corrected chi connectivity index (χ0v) is 31.9. The molecule has 5 fully saturated rings. The highest BCUT2D eigenvalue weighted by atomic mass is 127. The molecule has 0 bridgehead atoms. The first-order valence-electron chi connectivity index (χ1n) is 15.0. The number of aliphatic hydroxyl groups is 1. The molecule has 0 saturated heterocycles. The number of hydrogen-bond acceptors (Lipinski definition) is 3. The fraction of sp³-hybridized carbons (Fsp3) is 0.939. The van der Waals surface area contributed by atoms with Crippen LogP contribution in [0, 0.1) is 44.8 Å². The predicted octanol–water partition coefficient (Wildman–Crippen LogP) is 10.0. The average Bonchev–Trinajstić information content (AvgIpc) is 2.86. The van der Waals surface area contributed by atoms with Gasteiger partial charge in [-0.25, -0.2) is 0 Å². The lowest BCUT2D eigenvalue weighted by Crippen LogP contribution is -2.76. The van der Waals surface area contributed by atoms with Crippen LogP contribution < -0.4 is 0 Å². The Labute approximate surface area is 281 Å². The topological polar surface area (TPSA) is 54.4 Å². The van der Waals surface area contributed by atoms with Gasteiger partial charge >= 0.3 is 0 Å². The van der Waals surface area contributed by atoms with Crippen LogP contribution in [0.4, 0.5) is 0 Å². The smallest absolute Gasteiger partial charge is 0.150 e. The molecule has 39 heavy (non-hydrogen) atoms. The van der Waals surface area contributed by atoms with E-state index in [0.717, 1.165) is 51.4 Å². The maximum absolute atomic E-state index is 14.6. The van der Waals surface area contributed by atoms with Gasteiger partial charge in [-0.2, -0.15) is 0 Å². The summed E-state index contributed by atoms with van der Waals surface area (Å²) >= 11 is 7.48. The van der Waals surface area contributed by atoms with Crippen molar-refractivity contribution >= 4 is 79.3 Å². The van der Waals surface area contributed by atoms with Crippen molar-refractivity contribution in [1.82, 2.24) is 0 Å². The molecule has 5 rings (SSSR count). The van der Waals surface area contributed by atoms with Crippen LogP contribution in [0.25, 0.3) is 0 Å². The Hall–Kier alpha value is 1.49. The van der Waals surface area contributed by atoms with Crippen molar-refractivity contribution in [2.45, 2.75) is 134 Å². The monoisotopic (exact) mass is 882 g/mol. The van der Waals surface area contributed by atoms with Crippen LogP contribution in [0.15, 0.2) is 0 Å². The van der Waals surface area contributed by atoms with Gasteiger partial charge in [0.2, 0.25) is 0 Å². The second-order valence-electron chi connectivity index (χ2n) is 14.8. The summed E-state index contributed by atoms with van der Waals surface area (Å²) in [4.78, 5) is 29.5. The summed E-state index contributed by atoms with van der Waals surface area (Å²) in [7, 11) is 0. The largest absolute Gasteiger partial charge is 0.396 e. The molecule has 8 atom stereocenters. The van der Waals surface area contributed by atoms with Crippen LogP contribution >= 0.6 is 67.8 Å². The summed E-state index contributed by atoms with van der Waals surface area (Å²) in [6, 6.07) is 0. The molecule has 8 unspecified atom stereocenters. The number of Topliss-reactive ketones (excluding diaryl/α,β-unsaturated/α-hetero) is 2. The Morgan fingerprint density at radius 1 is 0.769 bits per heavy atom. The summed E-state index contributed by atoms with van der Waals surface area (Å²) in [6.07, 6.45) is 9.75. The summed E-state index contributed by atoms with van der Waals surface area (Å²) in [5.41, 5.74) is -0.0892. The zero-order chi connectivity index (χ0) is 29.2. The highest BCUT2D eigenvalue weighted by Gasteiger charge is 2.77. The van der Waals surface area contributed by atoms with Crippen molar-refractivity contribution in [1.29, 1.82) is 0 Å². The van der Waals surface area contributed by atoms with E-state index in [-0.39, 0.29) is 44.5 Å². The fourth-order valence-corrected chi connectivity index (χ4v) is 15.0. The molecule has 6 heteroatoms. The minimum atomic E-state index is -0.432. The summed E-state index contributed by atoms with van der Waals surface area (Å²) in [6.45, 7) is 18.2. The molecule has 0 aliphatic heterocycles. The van der Waals surface area contributed by atoms with Crippen LogP contribution in [0.3, 0.4) is 0 Å². The second kappa shape index (κ2) is 12.1. The summed E-state index contributed by atoms with van der Waals surface area (Å²) in [5, 5.41) is 10.8. The molecule has 0 aromatic carbocycles. The fourth-order valence-electron chi connectivity index (χ4n) is 10.5. The predicted molar refractivity (Wildman–Crippen MR) is 191 cm³/mol. The third-order valence-electron chi connectivity index (χ3n) is 12.5. The Balaban J connectivity index is 0.00000102. The number of carbonyl (C=O) groups is 2. The molecular weight excluding hydrogens is 825 g/mol. The van der Waals surface area contributed by atoms with Gasteiger partial charge in [-0.05, 0) is 90.3 Å². The third kappa shape index (κ3) is 4.99. The Kier molecular flexibility index (Phi) is 11.4. The number of ketones is 2. The van der Waals surface area contributed by atoms with Gasteiger partial charge in [-0.1, -0.05) is 131 Å². The lowest BCUT2D eigenvalue weighted by Gasteiger charge is -2.73. The Bertz CT molecular complexity index is 933. The first kappa shape index (κ1) is 36.7. The van der Waals surface area contributed by atoms with E-state index in [1.807, 2.05) is 18.8 Å². The lowest BCUT2D eigenvalue weighted by molar-refractivity contribution is -0.192. The quantitative estimate of drug-likeness (QED) is 0.211. The van der Waals surface area contributed by atoms with E-state index >= 15 is 0 Å². The molecule has 5 saturated carbocycles. The first-order valence-corrected chi connectivity index (χ1v) is 19.3. The molecule has 3 nitrogen and oxygen atoms in total. The molecule has 5 aliphatic rings. The highest BCUT2D eigenvalue weighted by Crippen LogP contribution is 2.77. The lowest BCUT2D eigenvalue weighted by atomic mass is 9.35. The number of hydrogen-bond donors (Lipinski definition) is 1. The molecular formula is C33H57I3O3.